The minimum absolute atomic E-state index is 0.0222. The van der Waals surface area contributed by atoms with Gasteiger partial charge in [0.05, 0.1) is 6.04 Å². The summed E-state index contributed by atoms with van der Waals surface area (Å²) in [6.07, 6.45) is 1.06. The number of pyridine rings is 1. The Bertz CT molecular complexity index is 1560. The second-order valence-corrected chi connectivity index (χ2v) is 11.3. The SMILES string of the molecule is CC(C)(C)OC(=O)NCCN1CN(C(c2ccccc2)c2ccccc2)n2ccc(=O)c(OCc3ccccc3)c2C1=O. The lowest BCUT2D eigenvalue weighted by atomic mass is 9.98. The Morgan fingerprint density at radius 2 is 1.44 bits per heavy atom. The highest BCUT2D eigenvalue weighted by atomic mass is 16.6. The molecule has 0 unspecified atom stereocenters. The van der Waals surface area contributed by atoms with Crippen LogP contribution < -0.4 is 20.5 Å². The monoisotopic (exact) mass is 580 g/mol. The molecule has 0 spiro atoms. The summed E-state index contributed by atoms with van der Waals surface area (Å²) < 4.78 is 13.2. The molecule has 9 heteroatoms. The number of hydrogen-bond acceptors (Lipinski definition) is 6. The van der Waals surface area contributed by atoms with Crippen LogP contribution in [0.1, 0.15) is 54.0 Å². The number of nitrogens with one attached hydrogen (secondary N) is 1. The molecule has 2 heterocycles. The molecule has 3 aromatic carbocycles. The molecule has 43 heavy (non-hydrogen) atoms. The average Bonchev–Trinajstić information content (AvgIpc) is 2.99. The Morgan fingerprint density at radius 3 is 2.02 bits per heavy atom. The zero-order chi connectivity index (χ0) is 30.4. The van der Waals surface area contributed by atoms with Crippen LogP contribution in [0.3, 0.4) is 0 Å². The van der Waals surface area contributed by atoms with Gasteiger partial charge >= 0.3 is 6.09 Å². The molecular weight excluding hydrogens is 544 g/mol. The summed E-state index contributed by atoms with van der Waals surface area (Å²) >= 11 is 0. The van der Waals surface area contributed by atoms with E-state index in [0.717, 1.165) is 16.7 Å². The molecular formula is C34H36N4O5. The summed E-state index contributed by atoms with van der Waals surface area (Å²) in [6, 6.07) is 30.6. The van der Waals surface area contributed by atoms with E-state index in [9.17, 15) is 14.4 Å². The highest BCUT2D eigenvalue weighted by molar-refractivity contribution is 5.96. The van der Waals surface area contributed by atoms with Gasteiger partial charge in [-0.15, -0.1) is 0 Å². The van der Waals surface area contributed by atoms with Crippen molar-refractivity contribution in [2.24, 2.45) is 0 Å². The van der Waals surface area contributed by atoms with Gasteiger partial charge in [0.25, 0.3) is 5.91 Å². The largest absolute Gasteiger partial charge is 0.482 e. The van der Waals surface area contributed by atoms with Crippen molar-refractivity contribution in [2.45, 2.75) is 39.0 Å². The fraction of sp³-hybridized carbons (Fsp3) is 0.265. The van der Waals surface area contributed by atoms with Crippen molar-refractivity contribution in [1.82, 2.24) is 14.9 Å². The lowest BCUT2D eigenvalue weighted by molar-refractivity contribution is 0.0506. The quantitative estimate of drug-likeness (QED) is 0.296. The summed E-state index contributed by atoms with van der Waals surface area (Å²) in [6.45, 7) is 6.03. The molecule has 9 nitrogen and oxygen atoms in total. The van der Waals surface area contributed by atoms with E-state index in [4.69, 9.17) is 9.47 Å². The number of ether oxygens (including phenoxy) is 2. The molecule has 0 radical (unpaired) electrons. The van der Waals surface area contributed by atoms with E-state index in [0.29, 0.717) is 0 Å². The van der Waals surface area contributed by atoms with E-state index in [1.54, 1.807) is 36.5 Å². The highest BCUT2D eigenvalue weighted by Crippen LogP contribution is 2.32. The number of hydrogen-bond donors (Lipinski definition) is 1. The number of amides is 2. The zero-order valence-electron chi connectivity index (χ0n) is 24.6. The van der Waals surface area contributed by atoms with Crippen molar-refractivity contribution < 1.29 is 19.1 Å². The lowest BCUT2D eigenvalue weighted by Gasteiger charge is -2.44. The first-order valence-electron chi connectivity index (χ1n) is 14.3. The zero-order valence-corrected chi connectivity index (χ0v) is 24.6. The van der Waals surface area contributed by atoms with Crippen LogP contribution in [0.15, 0.2) is 108 Å². The van der Waals surface area contributed by atoms with Gasteiger partial charge in [0.15, 0.2) is 11.4 Å². The van der Waals surface area contributed by atoms with Gasteiger partial charge in [-0.2, -0.15) is 0 Å². The molecule has 1 aromatic heterocycles. The summed E-state index contributed by atoms with van der Waals surface area (Å²) in [4.78, 5) is 41.2. The number of nitrogens with zero attached hydrogens (tertiary/aromatic N) is 3. The smallest absolute Gasteiger partial charge is 0.407 e. The average molecular weight is 581 g/mol. The van der Waals surface area contributed by atoms with E-state index in [-0.39, 0.29) is 55.2 Å². The molecule has 0 aliphatic carbocycles. The number of benzene rings is 3. The van der Waals surface area contributed by atoms with Gasteiger partial charge in [0, 0.05) is 25.4 Å². The van der Waals surface area contributed by atoms with Crippen molar-refractivity contribution in [2.75, 3.05) is 24.8 Å². The molecule has 0 bridgehead atoms. The lowest BCUT2D eigenvalue weighted by Crippen LogP contribution is -2.56. The second kappa shape index (κ2) is 12.9. The highest BCUT2D eigenvalue weighted by Gasteiger charge is 2.37. The summed E-state index contributed by atoms with van der Waals surface area (Å²) in [5.41, 5.74) is 1.97. The van der Waals surface area contributed by atoms with Crippen molar-refractivity contribution in [3.63, 3.8) is 0 Å². The molecule has 2 amide bonds. The third-order valence-corrected chi connectivity index (χ3v) is 6.92. The minimum Gasteiger partial charge on any atom is -0.482 e. The number of alkyl carbamates (subject to hydrolysis) is 1. The standard InChI is InChI=1S/C34H36N4O5/c1-34(2,3)43-33(41)35-20-22-36-24-38(29(26-15-9-5-10-16-26)27-17-11-6-12-18-27)37-21-19-28(39)31(30(37)32(36)40)42-23-25-13-7-4-8-14-25/h4-19,21,29H,20,22-24H2,1-3H3,(H,35,41). The first-order chi connectivity index (χ1) is 20.7. The Balaban J connectivity index is 1.55. The van der Waals surface area contributed by atoms with E-state index < -0.39 is 11.7 Å². The first kappa shape index (κ1) is 29.4. The molecule has 1 N–H and O–H groups in total. The van der Waals surface area contributed by atoms with Crippen LogP contribution in [0.4, 0.5) is 4.79 Å². The Hall–Kier alpha value is -5.05. The van der Waals surface area contributed by atoms with Crippen molar-refractivity contribution in [3.05, 3.63) is 136 Å². The van der Waals surface area contributed by atoms with Crippen LogP contribution in [0.2, 0.25) is 0 Å². The van der Waals surface area contributed by atoms with Gasteiger partial charge in [-0.1, -0.05) is 91.0 Å². The van der Waals surface area contributed by atoms with E-state index >= 15 is 0 Å². The topological polar surface area (TPSA) is 93.1 Å². The number of aromatic nitrogens is 1. The maximum Gasteiger partial charge on any atom is 0.407 e. The summed E-state index contributed by atoms with van der Waals surface area (Å²) in [5, 5.41) is 4.77. The third kappa shape index (κ3) is 7.06. The molecule has 1 aliphatic heterocycles. The fourth-order valence-electron chi connectivity index (χ4n) is 5.04. The molecule has 0 saturated heterocycles. The Morgan fingerprint density at radius 1 is 0.860 bits per heavy atom. The van der Waals surface area contributed by atoms with Gasteiger partial charge in [-0.3, -0.25) is 19.3 Å². The third-order valence-electron chi connectivity index (χ3n) is 6.92. The van der Waals surface area contributed by atoms with Gasteiger partial charge in [0.1, 0.15) is 18.9 Å². The Labute approximate surface area is 251 Å². The summed E-state index contributed by atoms with van der Waals surface area (Å²) in [5.74, 6) is -0.395. The number of carbonyl (C=O) groups excluding carboxylic acids is 2. The van der Waals surface area contributed by atoms with Crippen molar-refractivity contribution >= 4 is 12.0 Å². The molecule has 0 fully saturated rings. The van der Waals surface area contributed by atoms with Crippen LogP contribution in [0.25, 0.3) is 0 Å². The number of rotatable bonds is 9. The maximum atomic E-state index is 14.1. The molecule has 222 valence electrons. The van der Waals surface area contributed by atoms with Gasteiger partial charge < -0.3 is 19.7 Å². The number of fused-ring (bicyclic) bond motifs is 1. The van der Waals surface area contributed by atoms with Crippen molar-refractivity contribution in [3.8, 4) is 5.75 Å². The van der Waals surface area contributed by atoms with E-state index in [2.05, 4.69) is 5.32 Å². The molecule has 4 aromatic rings. The van der Waals surface area contributed by atoms with Crippen LogP contribution in [-0.4, -0.2) is 46.9 Å². The van der Waals surface area contributed by atoms with E-state index in [1.165, 1.54) is 6.07 Å². The first-order valence-corrected chi connectivity index (χ1v) is 14.3. The van der Waals surface area contributed by atoms with E-state index in [1.807, 2.05) is 96.0 Å². The van der Waals surface area contributed by atoms with Gasteiger partial charge in [0.2, 0.25) is 5.43 Å². The predicted molar refractivity (Wildman–Crippen MR) is 165 cm³/mol. The van der Waals surface area contributed by atoms with Crippen molar-refractivity contribution in [1.29, 1.82) is 0 Å². The van der Waals surface area contributed by atoms with Crippen LogP contribution in [0, 0.1) is 0 Å². The van der Waals surface area contributed by atoms with Crippen LogP contribution in [-0.2, 0) is 11.3 Å². The maximum absolute atomic E-state index is 14.1. The normalized spacial score (nSPS) is 13.1. The van der Waals surface area contributed by atoms with Gasteiger partial charge in [-0.25, -0.2) is 4.79 Å². The molecule has 0 atom stereocenters. The molecule has 5 rings (SSSR count). The second-order valence-electron chi connectivity index (χ2n) is 11.3. The van der Waals surface area contributed by atoms with Crippen LogP contribution >= 0.6 is 0 Å². The fourth-order valence-corrected chi connectivity index (χ4v) is 5.04. The summed E-state index contributed by atoms with van der Waals surface area (Å²) in [7, 11) is 0. The molecule has 0 saturated carbocycles. The minimum atomic E-state index is -0.647. The Kier molecular flexibility index (Phi) is 8.80. The molecule has 1 aliphatic rings. The van der Waals surface area contributed by atoms with Crippen LogP contribution in [0.5, 0.6) is 5.75 Å². The predicted octanol–water partition coefficient (Wildman–Crippen LogP) is 5.09. The van der Waals surface area contributed by atoms with Gasteiger partial charge in [-0.05, 0) is 37.5 Å². The number of carbonyl (C=O) groups is 2.